The Hall–Kier alpha value is -4.56. The first-order chi connectivity index (χ1) is 17.3. The summed E-state index contributed by atoms with van der Waals surface area (Å²) >= 11 is 0. The van der Waals surface area contributed by atoms with Crippen LogP contribution in [0.5, 0.6) is 0 Å². The van der Waals surface area contributed by atoms with Crippen LogP contribution < -0.4 is 31.5 Å². The number of fused-ring (bicyclic) bond motifs is 2. The fourth-order valence-corrected chi connectivity index (χ4v) is 4.38. The molecule has 0 unspecified atom stereocenters. The molecule has 36 heavy (non-hydrogen) atoms. The van der Waals surface area contributed by atoms with Crippen molar-refractivity contribution in [2.24, 2.45) is 0 Å². The van der Waals surface area contributed by atoms with Gasteiger partial charge >= 0.3 is 11.9 Å². The van der Waals surface area contributed by atoms with Gasteiger partial charge in [0.2, 0.25) is 0 Å². The molecule has 0 bridgehead atoms. The largest absolute Gasteiger partial charge is 0.461 e. The lowest BCUT2D eigenvalue weighted by molar-refractivity contribution is -0.140. The number of rotatable bonds is 6. The lowest BCUT2D eigenvalue weighted by atomic mass is 10.1. The topological polar surface area (TPSA) is 175 Å². The summed E-state index contributed by atoms with van der Waals surface area (Å²) in [6.07, 6.45) is 0. The van der Waals surface area contributed by atoms with E-state index in [1.807, 2.05) is 0 Å². The third-order valence-electron chi connectivity index (χ3n) is 5.91. The summed E-state index contributed by atoms with van der Waals surface area (Å²) in [4.78, 5) is 78.4. The summed E-state index contributed by atoms with van der Waals surface area (Å²) < 4.78 is 9.87. The molecule has 4 aliphatic heterocycles. The van der Waals surface area contributed by atoms with Crippen LogP contribution in [0.15, 0.2) is 46.8 Å². The SMILES string of the molecule is CCOC(=O)C1=C2C(=O)N(c3cccc(N4C(=O)C5=C(C(=O)OCC)NN[C@H]5C4=O)c3)C(=O)[C@H]2NN1. The van der Waals surface area contributed by atoms with Gasteiger partial charge in [0.1, 0.15) is 23.5 Å². The van der Waals surface area contributed by atoms with Gasteiger partial charge in [0.15, 0.2) is 0 Å². The zero-order valence-corrected chi connectivity index (χ0v) is 19.0. The Labute approximate surface area is 203 Å². The summed E-state index contributed by atoms with van der Waals surface area (Å²) in [6, 6.07) is 3.47. The van der Waals surface area contributed by atoms with Crippen LogP contribution in [-0.2, 0) is 38.2 Å². The molecule has 0 aliphatic carbocycles. The van der Waals surface area contributed by atoms with Gasteiger partial charge in [-0.2, -0.15) is 0 Å². The number of hydrogen-bond donors (Lipinski definition) is 4. The second-order valence-corrected chi connectivity index (χ2v) is 7.90. The van der Waals surface area contributed by atoms with Crippen LogP contribution in [0.4, 0.5) is 11.4 Å². The summed E-state index contributed by atoms with van der Waals surface area (Å²) in [6.45, 7) is 3.37. The lowest BCUT2D eigenvalue weighted by Crippen LogP contribution is -2.43. The Balaban J connectivity index is 1.48. The van der Waals surface area contributed by atoms with E-state index >= 15 is 0 Å². The normalized spacial score (nSPS) is 22.7. The van der Waals surface area contributed by atoms with Crippen LogP contribution in [0, 0.1) is 0 Å². The van der Waals surface area contributed by atoms with Crippen LogP contribution >= 0.6 is 0 Å². The predicted molar refractivity (Wildman–Crippen MR) is 119 cm³/mol. The fraction of sp³-hybridized carbons (Fsp3) is 0.273. The molecular formula is C22H20N6O8. The monoisotopic (exact) mass is 496 g/mol. The molecule has 4 amide bonds. The molecule has 5 rings (SSSR count). The Kier molecular flexibility index (Phi) is 5.53. The number of imide groups is 2. The number of benzene rings is 1. The average Bonchev–Trinajstić information content (AvgIpc) is 3.59. The van der Waals surface area contributed by atoms with Gasteiger partial charge < -0.3 is 20.3 Å². The van der Waals surface area contributed by atoms with Gasteiger partial charge in [-0.3, -0.25) is 19.2 Å². The smallest absolute Gasteiger partial charge is 0.356 e. The second kappa shape index (κ2) is 8.58. The molecule has 186 valence electrons. The van der Waals surface area contributed by atoms with E-state index in [-0.39, 0.29) is 47.1 Å². The molecule has 1 aromatic carbocycles. The van der Waals surface area contributed by atoms with Crippen molar-refractivity contribution in [3.8, 4) is 0 Å². The molecule has 0 saturated carbocycles. The second-order valence-electron chi connectivity index (χ2n) is 7.90. The molecule has 4 aliphatic rings. The van der Waals surface area contributed by atoms with E-state index in [2.05, 4.69) is 21.7 Å². The number of esters is 2. The van der Waals surface area contributed by atoms with Crippen molar-refractivity contribution in [2.75, 3.05) is 23.0 Å². The molecule has 0 radical (unpaired) electrons. The molecule has 4 heterocycles. The molecule has 2 atom stereocenters. The summed E-state index contributed by atoms with van der Waals surface area (Å²) in [5.41, 5.74) is 9.91. The number of nitrogens with one attached hydrogen (secondary N) is 4. The van der Waals surface area contributed by atoms with E-state index in [0.29, 0.717) is 0 Å². The Bertz CT molecular complexity index is 1220. The van der Waals surface area contributed by atoms with Gasteiger partial charge in [0.05, 0.1) is 35.7 Å². The molecule has 2 fully saturated rings. The highest BCUT2D eigenvalue weighted by molar-refractivity contribution is 6.34. The lowest BCUT2D eigenvalue weighted by Gasteiger charge is -2.20. The summed E-state index contributed by atoms with van der Waals surface area (Å²) in [7, 11) is 0. The highest BCUT2D eigenvalue weighted by atomic mass is 16.5. The first kappa shape index (κ1) is 23.2. The van der Waals surface area contributed by atoms with Gasteiger partial charge in [0.25, 0.3) is 23.6 Å². The highest BCUT2D eigenvalue weighted by Crippen LogP contribution is 2.35. The van der Waals surface area contributed by atoms with Crippen molar-refractivity contribution in [1.29, 1.82) is 0 Å². The quantitative estimate of drug-likeness (QED) is 0.253. The van der Waals surface area contributed by atoms with Crippen LogP contribution in [0.25, 0.3) is 0 Å². The van der Waals surface area contributed by atoms with E-state index in [0.717, 1.165) is 9.80 Å². The van der Waals surface area contributed by atoms with E-state index in [4.69, 9.17) is 9.47 Å². The van der Waals surface area contributed by atoms with Crippen molar-refractivity contribution in [2.45, 2.75) is 25.9 Å². The first-order valence-electron chi connectivity index (χ1n) is 11.0. The minimum Gasteiger partial charge on any atom is -0.461 e. The first-order valence-corrected chi connectivity index (χ1v) is 11.0. The van der Waals surface area contributed by atoms with Crippen molar-refractivity contribution in [1.82, 2.24) is 21.7 Å². The minimum atomic E-state index is -1.11. The van der Waals surface area contributed by atoms with E-state index in [1.54, 1.807) is 13.8 Å². The van der Waals surface area contributed by atoms with Gasteiger partial charge in [-0.15, -0.1) is 0 Å². The van der Waals surface area contributed by atoms with Crippen LogP contribution in [0.1, 0.15) is 13.8 Å². The maximum atomic E-state index is 13.2. The van der Waals surface area contributed by atoms with Gasteiger partial charge in [0, 0.05) is 0 Å². The van der Waals surface area contributed by atoms with Crippen molar-refractivity contribution < 1.29 is 38.2 Å². The van der Waals surface area contributed by atoms with Crippen molar-refractivity contribution >= 4 is 46.9 Å². The molecule has 14 heteroatoms. The highest BCUT2D eigenvalue weighted by Gasteiger charge is 2.52. The number of hydrazine groups is 2. The maximum absolute atomic E-state index is 13.2. The number of carbonyl (C=O) groups is 6. The Morgan fingerprint density at radius 3 is 1.58 bits per heavy atom. The zero-order valence-electron chi connectivity index (χ0n) is 19.0. The predicted octanol–water partition coefficient (Wildman–Crippen LogP) is -1.98. The molecular weight excluding hydrogens is 476 g/mol. The van der Waals surface area contributed by atoms with Crippen LogP contribution in [0.3, 0.4) is 0 Å². The molecule has 2 saturated heterocycles. The van der Waals surface area contributed by atoms with Gasteiger partial charge in [-0.25, -0.2) is 30.2 Å². The average molecular weight is 496 g/mol. The van der Waals surface area contributed by atoms with Gasteiger partial charge in [-0.1, -0.05) is 6.07 Å². The minimum absolute atomic E-state index is 0.0768. The third kappa shape index (κ3) is 3.26. The van der Waals surface area contributed by atoms with E-state index in [9.17, 15) is 28.8 Å². The molecule has 4 N–H and O–H groups in total. The standard InChI is InChI=1S/C22H20N6O8/c1-3-35-21(33)15-11-13(23-25-15)19(31)27(17(11)29)9-6-5-7-10(8-9)28-18(30)12-14(20(28)32)24-26-16(12)22(34)36-4-2/h5-8,13-14,23-26H,3-4H2,1-2H3/t13-,14+. The number of nitrogens with zero attached hydrogens (tertiary/aromatic N) is 2. The van der Waals surface area contributed by atoms with Gasteiger partial charge in [-0.05, 0) is 32.0 Å². The van der Waals surface area contributed by atoms with Crippen molar-refractivity contribution in [3.63, 3.8) is 0 Å². The van der Waals surface area contributed by atoms with Crippen LogP contribution in [-0.4, -0.2) is 60.9 Å². The number of ether oxygens (including phenoxy) is 2. The number of carbonyl (C=O) groups excluding carboxylic acids is 6. The Morgan fingerprint density at radius 1 is 0.778 bits per heavy atom. The van der Waals surface area contributed by atoms with Crippen LogP contribution in [0.2, 0.25) is 0 Å². The number of hydrogen-bond acceptors (Lipinski definition) is 12. The van der Waals surface area contributed by atoms with E-state index < -0.39 is 47.7 Å². The molecule has 14 nitrogen and oxygen atoms in total. The molecule has 0 spiro atoms. The fourth-order valence-electron chi connectivity index (χ4n) is 4.38. The summed E-state index contributed by atoms with van der Waals surface area (Å²) in [5, 5.41) is 0. The number of amides is 4. The van der Waals surface area contributed by atoms with E-state index in [1.165, 1.54) is 24.3 Å². The molecule has 0 aromatic heterocycles. The number of anilines is 2. The Morgan fingerprint density at radius 2 is 1.19 bits per heavy atom. The molecule has 1 aromatic rings. The maximum Gasteiger partial charge on any atom is 0.356 e. The zero-order chi connectivity index (χ0) is 25.7. The third-order valence-corrected chi connectivity index (χ3v) is 5.91. The van der Waals surface area contributed by atoms with Crippen molar-refractivity contribution in [3.05, 3.63) is 46.8 Å². The summed E-state index contributed by atoms with van der Waals surface area (Å²) in [5.74, 6) is -4.40.